The van der Waals surface area contributed by atoms with E-state index in [0.717, 1.165) is 24.9 Å². The Balaban J connectivity index is 2.18. The number of benzene rings is 1. The fourth-order valence-corrected chi connectivity index (χ4v) is 2.06. The van der Waals surface area contributed by atoms with Crippen LogP contribution in [0.2, 0.25) is 0 Å². The zero-order valence-electron chi connectivity index (χ0n) is 12.5. The number of aromatic amines is 1. The summed E-state index contributed by atoms with van der Waals surface area (Å²) in [5.41, 5.74) is 1.08. The molecule has 2 aromatic rings. The summed E-state index contributed by atoms with van der Waals surface area (Å²) in [4.78, 5) is 23.9. The summed E-state index contributed by atoms with van der Waals surface area (Å²) in [6.07, 6.45) is -0.0966. The van der Waals surface area contributed by atoms with Gasteiger partial charge in [-0.25, -0.2) is 13.6 Å². The van der Waals surface area contributed by atoms with Gasteiger partial charge >= 0.3 is 5.97 Å². The van der Waals surface area contributed by atoms with E-state index in [1.54, 1.807) is 13.0 Å². The molecular weight excluding hydrogens is 308 g/mol. The zero-order valence-corrected chi connectivity index (χ0v) is 12.5. The third kappa shape index (κ3) is 4.12. The molecule has 8 heteroatoms. The lowest BCUT2D eigenvalue weighted by Crippen LogP contribution is -2.36. The van der Waals surface area contributed by atoms with E-state index in [0.29, 0.717) is 11.8 Å². The van der Waals surface area contributed by atoms with Crippen molar-refractivity contribution in [2.75, 3.05) is 7.11 Å². The van der Waals surface area contributed by atoms with E-state index < -0.39 is 29.6 Å². The lowest BCUT2D eigenvalue weighted by molar-refractivity contribution is -0.145. The normalized spacial score (nSPS) is 11.8. The van der Waals surface area contributed by atoms with E-state index in [4.69, 9.17) is 0 Å². The number of hydrogen-bond acceptors (Lipinski definition) is 4. The quantitative estimate of drug-likeness (QED) is 0.818. The molecule has 0 aliphatic rings. The summed E-state index contributed by atoms with van der Waals surface area (Å²) >= 11 is 0. The molecule has 0 aliphatic heterocycles. The van der Waals surface area contributed by atoms with Gasteiger partial charge in [-0.3, -0.25) is 9.89 Å². The number of aryl methyl sites for hydroxylation is 1. The largest absolute Gasteiger partial charge is 0.467 e. The highest BCUT2D eigenvalue weighted by atomic mass is 19.1. The first-order valence-corrected chi connectivity index (χ1v) is 6.73. The van der Waals surface area contributed by atoms with Crippen LogP contribution in [0.1, 0.15) is 23.0 Å². The highest BCUT2D eigenvalue weighted by molar-refractivity contribution is 5.86. The first-order valence-electron chi connectivity index (χ1n) is 6.73. The van der Waals surface area contributed by atoms with Crippen LogP contribution in [0.5, 0.6) is 0 Å². The summed E-state index contributed by atoms with van der Waals surface area (Å²) in [5, 5.41) is 8.96. The maximum atomic E-state index is 13.9. The summed E-state index contributed by atoms with van der Waals surface area (Å²) in [6.45, 7) is 1.78. The maximum Gasteiger partial charge on any atom is 0.333 e. The second kappa shape index (κ2) is 6.99. The fourth-order valence-electron chi connectivity index (χ4n) is 2.06. The molecule has 0 aliphatic carbocycles. The van der Waals surface area contributed by atoms with Crippen molar-refractivity contribution in [2.45, 2.75) is 19.4 Å². The number of hydrogen-bond donors (Lipinski definition) is 2. The van der Waals surface area contributed by atoms with Crippen LogP contribution >= 0.6 is 0 Å². The molecule has 2 rings (SSSR count). The number of carbonyl (C=O) groups is 2. The number of aromatic nitrogens is 2. The summed E-state index contributed by atoms with van der Waals surface area (Å²) in [7, 11) is 1.11. The minimum absolute atomic E-state index is 0.0966. The van der Waals surface area contributed by atoms with Gasteiger partial charge < -0.3 is 10.1 Å². The number of nitrogens with one attached hydrogen (secondary N) is 2. The van der Waals surface area contributed by atoms with Crippen LogP contribution in [0.15, 0.2) is 24.3 Å². The van der Waals surface area contributed by atoms with Crippen molar-refractivity contribution < 1.29 is 23.1 Å². The van der Waals surface area contributed by atoms with Crippen molar-refractivity contribution in [3.8, 4) is 0 Å². The van der Waals surface area contributed by atoms with Gasteiger partial charge in [0.15, 0.2) is 6.04 Å². The minimum atomic E-state index is -1.37. The van der Waals surface area contributed by atoms with Crippen LogP contribution in [0.3, 0.4) is 0 Å². The molecule has 6 nitrogen and oxygen atoms in total. The Morgan fingerprint density at radius 2 is 2.09 bits per heavy atom. The summed E-state index contributed by atoms with van der Waals surface area (Å²) in [6, 6.07) is 3.02. The molecular formula is C15H15F2N3O3. The van der Waals surface area contributed by atoms with Crippen molar-refractivity contribution in [1.29, 1.82) is 0 Å². The standard InChI is InChI=1S/C15H15F2N3O3/c1-8-5-10(20-19-8)7-13(21)18-14(15(22)23-2)11-4-3-9(16)6-12(11)17/h3-6,14H,7H2,1-2H3,(H,18,21)(H,19,20)/t14-/m0/s1. The van der Waals surface area contributed by atoms with Gasteiger partial charge in [-0.15, -0.1) is 0 Å². The molecule has 0 saturated carbocycles. The fraction of sp³-hybridized carbons (Fsp3) is 0.267. The van der Waals surface area contributed by atoms with Gasteiger partial charge in [-0.05, 0) is 19.1 Å². The van der Waals surface area contributed by atoms with Crippen molar-refractivity contribution >= 4 is 11.9 Å². The van der Waals surface area contributed by atoms with Crippen molar-refractivity contribution in [2.24, 2.45) is 0 Å². The van der Waals surface area contributed by atoms with Crippen LogP contribution in [0.4, 0.5) is 8.78 Å². The molecule has 1 heterocycles. The third-order valence-electron chi connectivity index (χ3n) is 3.12. The van der Waals surface area contributed by atoms with E-state index in [-0.39, 0.29) is 12.0 Å². The van der Waals surface area contributed by atoms with E-state index in [2.05, 4.69) is 20.3 Å². The minimum Gasteiger partial charge on any atom is -0.467 e. The zero-order chi connectivity index (χ0) is 17.0. The topological polar surface area (TPSA) is 84.1 Å². The Morgan fingerprint density at radius 3 is 2.65 bits per heavy atom. The smallest absolute Gasteiger partial charge is 0.333 e. The van der Waals surface area contributed by atoms with Crippen molar-refractivity contribution in [3.05, 3.63) is 52.9 Å². The molecule has 1 atom stereocenters. The first kappa shape index (κ1) is 16.6. The van der Waals surface area contributed by atoms with E-state index in [1.807, 2.05) is 0 Å². The van der Waals surface area contributed by atoms with Gasteiger partial charge in [0.2, 0.25) is 5.91 Å². The van der Waals surface area contributed by atoms with Crippen LogP contribution in [0, 0.1) is 18.6 Å². The summed E-state index contributed by atoms with van der Waals surface area (Å²) in [5.74, 6) is -3.14. The molecule has 0 bridgehead atoms. The molecule has 23 heavy (non-hydrogen) atoms. The predicted octanol–water partition coefficient (Wildman–Crippen LogP) is 1.57. The highest BCUT2D eigenvalue weighted by Gasteiger charge is 2.27. The van der Waals surface area contributed by atoms with Crippen LogP contribution in [0.25, 0.3) is 0 Å². The molecule has 0 fully saturated rings. The van der Waals surface area contributed by atoms with Gasteiger partial charge in [-0.2, -0.15) is 5.10 Å². The van der Waals surface area contributed by atoms with Crippen molar-refractivity contribution in [1.82, 2.24) is 15.5 Å². The predicted molar refractivity (Wildman–Crippen MR) is 76.3 cm³/mol. The number of nitrogens with zero attached hydrogens (tertiary/aromatic N) is 1. The average molecular weight is 323 g/mol. The first-order chi connectivity index (χ1) is 10.9. The second-order valence-electron chi connectivity index (χ2n) is 4.91. The summed E-state index contributed by atoms with van der Waals surface area (Å²) < 4.78 is 31.4. The Labute approximate surface area is 130 Å². The molecule has 0 unspecified atom stereocenters. The molecule has 122 valence electrons. The SMILES string of the molecule is COC(=O)[C@@H](NC(=O)Cc1cc(C)[nH]n1)c1ccc(F)cc1F. The van der Waals surface area contributed by atoms with E-state index in [9.17, 15) is 18.4 Å². The van der Waals surface area contributed by atoms with Crippen LogP contribution < -0.4 is 5.32 Å². The number of halogens is 2. The Morgan fingerprint density at radius 1 is 1.35 bits per heavy atom. The Kier molecular flexibility index (Phi) is 5.05. The molecule has 1 amide bonds. The molecule has 0 spiro atoms. The molecule has 1 aromatic heterocycles. The lowest BCUT2D eigenvalue weighted by atomic mass is 10.1. The molecule has 0 saturated heterocycles. The van der Waals surface area contributed by atoms with E-state index >= 15 is 0 Å². The van der Waals surface area contributed by atoms with Crippen LogP contribution in [-0.2, 0) is 20.7 Å². The number of methoxy groups -OCH3 is 1. The Bertz CT molecular complexity index is 731. The average Bonchev–Trinajstić information content (AvgIpc) is 2.89. The lowest BCUT2D eigenvalue weighted by Gasteiger charge is -2.17. The maximum absolute atomic E-state index is 13.9. The van der Waals surface area contributed by atoms with Gasteiger partial charge in [0.05, 0.1) is 19.2 Å². The number of carbonyl (C=O) groups excluding carboxylic acids is 2. The monoisotopic (exact) mass is 323 g/mol. The Hall–Kier alpha value is -2.77. The highest BCUT2D eigenvalue weighted by Crippen LogP contribution is 2.19. The number of rotatable bonds is 5. The van der Waals surface area contributed by atoms with Crippen LogP contribution in [-0.4, -0.2) is 29.2 Å². The van der Waals surface area contributed by atoms with Crippen molar-refractivity contribution in [3.63, 3.8) is 0 Å². The van der Waals surface area contributed by atoms with E-state index in [1.165, 1.54) is 0 Å². The second-order valence-corrected chi connectivity index (χ2v) is 4.91. The third-order valence-corrected chi connectivity index (χ3v) is 3.12. The number of amides is 1. The molecule has 2 N–H and O–H groups in total. The molecule has 0 radical (unpaired) electrons. The number of H-pyrrole nitrogens is 1. The van der Waals surface area contributed by atoms with Gasteiger partial charge in [0.1, 0.15) is 11.6 Å². The molecule has 1 aromatic carbocycles. The number of ether oxygens (including phenoxy) is 1. The van der Waals surface area contributed by atoms with Gasteiger partial charge in [-0.1, -0.05) is 6.07 Å². The van der Waals surface area contributed by atoms with Gasteiger partial charge in [0.25, 0.3) is 0 Å². The van der Waals surface area contributed by atoms with Gasteiger partial charge in [0, 0.05) is 17.3 Å². The number of esters is 1.